The average molecular weight is 432 g/mol. The molecular weight excluding hydrogens is 394 g/mol. The number of fused-ring (bicyclic) bond motifs is 4. The number of carbonyl (C=O) groups is 1. The van der Waals surface area contributed by atoms with Crippen LogP contribution in [0, 0.1) is 28.6 Å². The maximum absolute atomic E-state index is 13.2. The van der Waals surface area contributed by atoms with Gasteiger partial charge in [0.25, 0.3) is 0 Å². The van der Waals surface area contributed by atoms with Crippen LogP contribution in [-0.2, 0) is 16.0 Å². The summed E-state index contributed by atoms with van der Waals surface area (Å²) >= 11 is 0. The lowest BCUT2D eigenvalue weighted by atomic mass is 9.41. The topological polar surface area (TPSA) is 29.5 Å². The van der Waals surface area contributed by atoms with Crippen molar-refractivity contribution in [1.29, 1.82) is 0 Å². The van der Waals surface area contributed by atoms with Crippen LogP contribution in [0.15, 0.2) is 41.7 Å². The third-order valence-electron chi connectivity index (χ3n) is 10.0. The van der Waals surface area contributed by atoms with E-state index in [0.717, 1.165) is 45.1 Å². The summed E-state index contributed by atoms with van der Waals surface area (Å²) in [5.41, 5.74) is 5.95. The second kappa shape index (κ2) is 6.98. The molecule has 6 atom stereocenters. The molecule has 0 heterocycles. The number of nitrogens with zero attached hydrogens (tertiary/aromatic N) is 1. The average Bonchev–Trinajstić information content (AvgIpc) is 3.07. The zero-order valence-corrected chi connectivity index (χ0v) is 20.1. The van der Waals surface area contributed by atoms with E-state index in [9.17, 15) is 4.79 Å². The molecule has 6 rings (SSSR count). The Morgan fingerprint density at radius 3 is 2.84 bits per heavy atom. The third-order valence-corrected chi connectivity index (χ3v) is 10.0. The lowest BCUT2D eigenvalue weighted by Crippen LogP contribution is -2.56. The van der Waals surface area contributed by atoms with E-state index in [-0.39, 0.29) is 10.8 Å². The van der Waals surface area contributed by atoms with E-state index in [0.29, 0.717) is 29.5 Å². The molecule has 1 aromatic carbocycles. The number of carbonyl (C=O) groups excluding carboxylic acids is 1. The molecule has 0 saturated heterocycles. The number of benzene rings is 1. The van der Waals surface area contributed by atoms with Gasteiger partial charge < -0.3 is 9.64 Å². The normalized spacial score (nSPS) is 39.2. The van der Waals surface area contributed by atoms with Crippen molar-refractivity contribution in [3.05, 3.63) is 52.8 Å². The summed E-state index contributed by atoms with van der Waals surface area (Å²) in [6.07, 6.45) is 12.4. The Hall–Kier alpha value is -2.03. The van der Waals surface area contributed by atoms with Gasteiger partial charge in [0.1, 0.15) is 5.78 Å². The molecule has 32 heavy (non-hydrogen) atoms. The summed E-state index contributed by atoms with van der Waals surface area (Å²) in [5, 5.41) is 0. The van der Waals surface area contributed by atoms with Crippen molar-refractivity contribution in [3.63, 3.8) is 0 Å². The second-order valence-electron chi connectivity index (χ2n) is 11.5. The van der Waals surface area contributed by atoms with E-state index in [2.05, 4.69) is 63.2 Å². The van der Waals surface area contributed by atoms with Gasteiger partial charge in [0.15, 0.2) is 0 Å². The molecule has 170 valence electrons. The van der Waals surface area contributed by atoms with Crippen molar-refractivity contribution in [2.45, 2.75) is 64.7 Å². The molecule has 3 heteroatoms. The first kappa shape index (κ1) is 20.6. The van der Waals surface area contributed by atoms with E-state index in [4.69, 9.17) is 4.74 Å². The van der Waals surface area contributed by atoms with E-state index < -0.39 is 0 Å². The summed E-state index contributed by atoms with van der Waals surface area (Å²) in [7, 11) is 4.27. The Balaban J connectivity index is 1.54. The quantitative estimate of drug-likeness (QED) is 0.584. The molecule has 0 radical (unpaired) electrons. The first-order valence-corrected chi connectivity index (χ1v) is 12.7. The van der Waals surface area contributed by atoms with Gasteiger partial charge in [-0.3, -0.25) is 4.79 Å². The summed E-state index contributed by atoms with van der Waals surface area (Å²) in [6.45, 7) is 5.15. The Morgan fingerprint density at radius 2 is 2.06 bits per heavy atom. The van der Waals surface area contributed by atoms with Gasteiger partial charge in [-0.1, -0.05) is 19.1 Å². The highest BCUT2D eigenvalue weighted by atomic mass is 16.5. The third kappa shape index (κ3) is 2.63. The number of hydrogen-bond acceptors (Lipinski definition) is 3. The zero-order valence-electron chi connectivity index (χ0n) is 20.1. The van der Waals surface area contributed by atoms with Gasteiger partial charge in [-0.05, 0) is 97.6 Å². The van der Waals surface area contributed by atoms with Crippen LogP contribution in [-0.4, -0.2) is 26.5 Å². The molecule has 0 unspecified atom stereocenters. The fourth-order valence-corrected chi connectivity index (χ4v) is 8.69. The molecule has 0 amide bonds. The molecule has 2 fully saturated rings. The summed E-state index contributed by atoms with van der Waals surface area (Å²) in [5.74, 6) is 4.05. The van der Waals surface area contributed by atoms with Crippen molar-refractivity contribution in [2.24, 2.45) is 28.6 Å². The van der Waals surface area contributed by atoms with Crippen molar-refractivity contribution >= 4 is 11.5 Å². The van der Waals surface area contributed by atoms with E-state index in [1.807, 2.05) is 0 Å². The van der Waals surface area contributed by atoms with Gasteiger partial charge in [-0.2, -0.15) is 0 Å². The van der Waals surface area contributed by atoms with Crippen molar-refractivity contribution in [3.8, 4) is 0 Å². The van der Waals surface area contributed by atoms with Crippen LogP contribution in [0.25, 0.3) is 0 Å². The number of ether oxygens (including phenoxy) is 1. The van der Waals surface area contributed by atoms with Crippen molar-refractivity contribution < 1.29 is 9.53 Å². The lowest BCUT2D eigenvalue weighted by Gasteiger charge is -2.62. The molecule has 0 aromatic heterocycles. The Labute approximate surface area is 192 Å². The number of ketones is 1. The Bertz CT molecular complexity index is 1040. The van der Waals surface area contributed by atoms with Crippen LogP contribution < -0.4 is 4.90 Å². The predicted octanol–water partition coefficient (Wildman–Crippen LogP) is 6.04. The number of allylic oxidation sites excluding steroid dienone is 4. The van der Waals surface area contributed by atoms with E-state index in [1.54, 1.807) is 0 Å². The molecule has 5 aliphatic carbocycles. The minimum Gasteiger partial charge on any atom is -0.498 e. The fraction of sp³-hybridized carbons (Fsp3) is 0.621. The molecule has 0 bridgehead atoms. The summed E-state index contributed by atoms with van der Waals surface area (Å²) in [6, 6.07) is 7.14. The SMILES string of the molecule is CCOC1=CC2=CC[C@@H]3[C@@H]4[C@H](C[C@]5(C)C(=O)CC[C@H]35)c3ccc(N(C)C)cc3C[C@]24CC1. The standard InChI is InChI=1S/C29H37NO2/c1-5-32-21-12-13-29-16-18-14-20(30(3)4)7-9-22(18)24-17-28(2)25(10-11-26(28)31)23(27(24)29)8-6-19(29)15-21/h6-7,9,14-15,23-25,27H,5,8,10-13,16-17H2,1-4H3/t23-,24+,25+,27+,28-,29+/m0/s1. The molecule has 5 aliphatic rings. The maximum Gasteiger partial charge on any atom is 0.139 e. The summed E-state index contributed by atoms with van der Waals surface area (Å²) < 4.78 is 5.99. The highest BCUT2D eigenvalue weighted by Gasteiger charge is 2.64. The molecular formula is C29H37NO2. The Kier molecular flexibility index (Phi) is 4.49. The minimum absolute atomic E-state index is 0.131. The molecule has 0 N–H and O–H groups in total. The number of anilines is 1. The van der Waals surface area contributed by atoms with E-state index in [1.165, 1.54) is 34.6 Å². The molecule has 1 aromatic rings. The first-order chi connectivity index (χ1) is 15.4. The van der Waals surface area contributed by atoms with Crippen LogP contribution in [0.4, 0.5) is 5.69 Å². The van der Waals surface area contributed by atoms with Gasteiger partial charge in [0.05, 0.1) is 12.4 Å². The summed E-state index contributed by atoms with van der Waals surface area (Å²) in [4.78, 5) is 15.4. The molecule has 0 aliphatic heterocycles. The van der Waals surface area contributed by atoms with Crippen LogP contribution in [0.3, 0.4) is 0 Å². The molecule has 1 spiro atoms. The van der Waals surface area contributed by atoms with Crippen LogP contribution in [0.5, 0.6) is 0 Å². The largest absolute Gasteiger partial charge is 0.498 e. The van der Waals surface area contributed by atoms with Crippen LogP contribution in [0.2, 0.25) is 0 Å². The Morgan fingerprint density at radius 1 is 1.22 bits per heavy atom. The predicted molar refractivity (Wildman–Crippen MR) is 129 cm³/mol. The van der Waals surface area contributed by atoms with Gasteiger partial charge >= 0.3 is 0 Å². The maximum atomic E-state index is 13.2. The smallest absolute Gasteiger partial charge is 0.139 e. The van der Waals surface area contributed by atoms with E-state index >= 15 is 0 Å². The highest BCUT2D eigenvalue weighted by molar-refractivity contribution is 5.87. The number of Topliss-reactive ketones (excluding diaryl/α,β-unsaturated/α-hetero) is 1. The van der Waals surface area contributed by atoms with Crippen LogP contribution >= 0.6 is 0 Å². The zero-order chi connectivity index (χ0) is 22.3. The van der Waals surface area contributed by atoms with Gasteiger partial charge in [-0.15, -0.1) is 0 Å². The van der Waals surface area contributed by atoms with Crippen molar-refractivity contribution in [1.82, 2.24) is 0 Å². The molecule has 2 saturated carbocycles. The van der Waals surface area contributed by atoms with Gasteiger partial charge in [0.2, 0.25) is 0 Å². The fourth-order valence-electron chi connectivity index (χ4n) is 8.69. The second-order valence-corrected chi connectivity index (χ2v) is 11.5. The highest BCUT2D eigenvalue weighted by Crippen LogP contribution is 2.70. The van der Waals surface area contributed by atoms with Crippen LogP contribution in [0.1, 0.15) is 69.4 Å². The van der Waals surface area contributed by atoms with Gasteiger partial charge in [-0.25, -0.2) is 0 Å². The van der Waals surface area contributed by atoms with Gasteiger partial charge in [0, 0.05) is 43.5 Å². The lowest BCUT2D eigenvalue weighted by molar-refractivity contribution is -0.133. The van der Waals surface area contributed by atoms with Crippen molar-refractivity contribution in [2.75, 3.05) is 25.6 Å². The first-order valence-electron chi connectivity index (χ1n) is 12.7. The molecule has 3 nitrogen and oxygen atoms in total. The minimum atomic E-state index is -0.131. The number of rotatable bonds is 3. The number of hydrogen-bond donors (Lipinski definition) is 0. The monoisotopic (exact) mass is 431 g/mol.